The molecule has 2 aromatic rings. The summed E-state index contributed by atoms with van der Waals surface area (Å²) in [5, 5.41) is 0. The van der Waals surface area contributed by atoms with Gasteiger partial charge in [0.1, 0.15) is 11.9 Å². The Balaban J connectivity index is 1.96. The molecule has 3 rings (SSSR count). The highest BCUT2D eigenvalue weighted by Crippen LogP contribution is 2.43. The van der Waals surface area contributed by atoms with Crippen LogP contribution in [0.15, 0.2) is 33.2 Å². The average molecular weight is 403 g/mol. The van der Waals surface area contributed by atoms with Gasteiger partial charge in [-0.05, 0) is 41.1 Å². The van der Waals surface area contributed by atoms with Crippen molar-refractivity contribution < 1.29 is 4.74 Å². The topological polar surface area (TPSA) is 35.2 Å². The summed E-state index contributed by atoms with van der Waals surface area (Å²) in [4.78, 5) is 2.50. The molecule has 0 saturated carbocycles. The van der Waals surface area contributed by atoms with Crippen molar-refractivity contribution in [3.8, 4) is 5.75 Å². The zero-order valence-electron chi connectivity index (χ0n) is 10.3. The molecule has 0 aliphatic carbocycles. The van der Waals surface area contributed by atoms with E-state index in [1.807, 2.05) is 18.2 Å². The van der Waals surface area contributed by atoms with E-state index in [1.54, 1.807) is 11.3 Å². The molecular formula is C14H13Br2NOS. The highest BCUT2D eigenvalue weighted by Gasteiger charge is 2.28. The number of benzene rings is 1. The molecule has 0 radical (unpaired) electrons. The molecule has 1 aliphatic rings. The lowest BCUT2D eigenvalue weighted by Crippen LogP contribution is -2.23. The third kappa shape index (κ3) is 2.61. The van der Waals surface area contributed by atoms with Crippen molar-refractivity contribution >= 4 is 43.2 Å². The molecule has 0 bridgehead atoms. The second-order valence-corrected chi connectivity index (χ2v) is 7.74. The minimum atomic E-state index is 0.0306. The van der Waals surface area contributed by atoms with Crippen LogP contribution in [0, 0.1) is 6.92 Å². The van der Waals surface area contributed by atoms with Crippen LogP contribution in [0.5, 0.6) is 5.75 Å². The largest absolute Gasteiger partial charge is 0.484 e. The molecule has 2 heterocycles. The Bertz CT molecular complexity index is 606. The minimum absolute atomic E-state index is 0.0306. The van der Waals surface area contributed by atoms with Crippen molar-refractivity contribution in [2.45, 2.75) is 25.5 Å². The number of ether oxygens (including phenoxy) is 1. The first-order valence-electron chi connectivity index (χ1n) is 6.02. The van der Waals surface area contributed by atoms with E-state index in [0.717, 1.165) is 26.7 Å². The van der Waals surface area contributed by atoms with E-state index >= 15 is 0 Å². The molecule has 1 unspecified atom stereocenters. The molecule has 2 atom stereocenters. The number of thiophene rings is 1. The van der Waals surface area contributed by atoms with Crippen molar-refractivity contribution in [1.29, 1.82) is 0 Å². The maximum absolute atomic E-state index is 6.27. The highest BCUT2D eigenvalue weighted by molar-refractivity contribution is 9.10. The van der Waals surface area contributed by atoms with Crippen LogP contribution in [-0.2, 0) is 0 Å². The second-order valence-electron chi connectivity index (χ2n) is 4.68. The summed E-state index contributed by atoms with van der Waals surface area (Å²) in [6.07, 6.45) is 0.868. The van der Waals surface area contributed by atoms with Gasteiger partial charge in [-0.15, -0.1) is 11.3 Å². The Morgan fingerprint density at radius 2 is 2.11 bits per heavy atom. The fraction of sp³-hybridized carbons (Fsp3) is 0.286. The number of fused-ring (bicyclic) bond motifs is 1. The van der Waals surface area contributed by atoms with Crippen molar-refractivity contribution in [3.05, 3.63) is 48.5 Å². The van der Waals surface area contributed by atoms with E-state index in [1.165, 1.54) is 9.75 Å². The fourth-order valence-electron chi connectivity index (χ4n) is 2.29. The lowest BCUT2D eigenvalue weighted by Gasteiger charge is -2.29. The van der Waals surface area contributed by atoms with E-state index in [9.17, 15) is 0 Å². The molecular weight excluding hydrogens is 390 g/mol. The number of hydrogen-bond donors (Lipinski definition) is 1. The zero-order valence-corrected chi connectivity index (χ0v) is 14.3. The predicted octanol–water partition coefficient (Wildman–Crippen LogP) is 5.11. The summed E-state index contributed by atoms with van der Waals surface area (Å²) in [6.45, 7) is 2.10. The van der Waals surface area contributed by atoms with Gasteiger partial charge in [0.15, 0.2) is 0 Å². The van der Waals surface area contributed by atoms with Crippen LogP contribution >= 0.6 is 43.2 Å². The SMILES string of the molecule is Cc1sc(C2C[C@@H](N)c3ccc(Br)cc3O2)cc1Br. The van der Waals surface area contributed by atoms with Crippen LogP contribution < -0.4 is 10.5 Å². The minimum Gasteiger partial charge on any atom is -0.484 e. The van der Waals surface area contributed by atoms with Gasteiger partial charge in [0, 0.05) is 36.7 Å². The van der Waals surface area contributed by atoms with Crippen LogP contribution in [0.4, 0.5) is 0 Å². The number of halogens is 2. The average Bonchev–Trinajstić information content (AvgIpc) is 2.69. The molecule has 1 aromatic carbocycles. The van der Waals surface area contributed by atoms with Gasteiger partial charge in [0.2, 0.25) is 0 Å². The van der Waals surface area contributed by atoms with E-state index in [-0.39, 0.29) is 12.1 Å². The molecule has 0 spiro atoms. The molecule has 5 heteroatoms. The first-order valence-corrected chi connectivity index (χ1v) is 8.42. The lowest BCUT2D eigenvalue weighted by molar-refractivity contribution is 0.165. The maximum Gasteiger partial charge on any atom is 0.135 e. The third-order valence-corrected chi connectivity index (χ3v) is 6.03. The fourth-order valence-corrected chi connectivity index (χ4v) is 4.23. The summed E-state index contributed by atoms with van der Waals surface area (Å²) < 4.78 is 8.28. The Kier molecular flexibility index (Phi) is 3.73. The summed E-state index contributed by atoms with van der Waals surface area (Å²) in [6, 6.07) is 8.21. The number of hydrogen-bond acceptors (Lipinski definition) is 3. The van der Waals surface area contributed by atoms with Crippen molar-refractivity contribution in [2.75, 3.05) is 0 Å². The van der Waals surface area contributed by atoms with Gasteiger partial charge < -0.3 is 10.5 Å². The normalized spacial score (nSPS) is 21.9. The Hall–Kier alpha value is -0.360. The van der Waals surface area contributed by atoms with Gasteiger partial charge in [-0.1, -0.05) is 22.0 Å². The van der Waals surface area contributed by atoms with E-state index < -0.39 is 0 Å². The predicted molar refractivity (Wildman–Crippen MR) is 85.8 cm³/mol. The van der Waals surface area contributed by atoms with E-state index in [0.29, 0.717) is 0 Å². The van der Waals surface area contributed by atoms with E-state index in [4.69, 9.17) is 10.5 Å². The van der Waals surface area contributed by atoms with Crippen LogP contribution in [0.3, 0.4) is 0 Å². The molecule has 1 aromatic heterocycles. The zero-order chi connectivity index (χ0) is 13.6. The first-order chi connectivity index (χ1) is 9.04. The van der Waals surface area contributed by atoms with E-state index in [2.05, 4.69) is 44.8 Å². The smallest absolute Gasteiger partial charge is 0.135 e. The standard InChI is InChI=1S/C14H13Br2NOS/c1-7-10(16)5-14(19-7)13-6-11(17)9-3-2-8(15)4-12(9)18-13/h2-5,11,13H,6,17H2,1H3/t11-,13?/m1/s1. The van der Waals surface area contributed by atoms with Gasteiger partial charge in [0.05, 0.1) is 0 Å². The van der Waals surface area contributed by atoms with Crippen LogP contribution in [-0.4, -0.2) is 0 Å². The van der Waals surface area contributed by atoms with Crippen LogP contribution in [0.1, 0.15) is 33.9 Å². The molecule has 0 saturated heterocycles. The van der Waals surface area contributed by atoms with Crippen molar-refractivity contribution in [3.63, 3.8) is 0 Å². The third-order valence-electron chi connectivity index (χ3n) is 3.31. The molecule has 0 fully saturated rings. The van der Waals surface area contributed by atoms with Gasteiger partial charge in [0.25, 0.3) is 0 Å². The first kappa shape index (κ1) is 13.6. The Morgan fingerprint density at radius 3 is 2.79 bits per heavy atom. The summed E-state index contributed by atoms with van der Waals surface area (Å²) in [7, 11) is 0. The summed E-state index contributed by atoms with van der Waals surface area (Å²) >= 11 is 8.80. The summed E-state index contributed by atoms with van der Waals surface area (Å²) in [5.41, 5.74) is 7.36. The molecule has 2 nitrogen and oxygen atoms in total. The van der Waals surface area contributed by atoms with Crippen molar-refractivity contribution in [2.24, 2.45) is 5.73 Å². The molecule has 2 N–H and O–H groups in total. The molecule has 100 valence electrons. The molecule has 1 aliphatic heterocycles. The van der Waals surface area contributed by atoms with Crippen molar-refractivity contribution in [1.82, 2.24) is 0 Å². The van der Waals surface area contributed by atoms with Crippen LogP contribution in [0.25, 0.3) is 0 Å². The quantitative estimate of drug-likeness (QED) is 0.719. The molecule has 19 heavy (non-hydrogen) atoms. The van der Waals surface area contributed by atoms with Gasteiger partial charge in [-0.3, -0.25) is 0 Å². The Labute approximate surface area is 133 Å². The summed E-state index contributed by atoms with van der Waals surface area (Å²) in [5.74, 6) is 0.889. The van der Waals surface area contributed by atoms with Gasteiger partial charge in [-0.25, -0.2) is 0 Å². The van der Waals surface area contributed by atoms with Gasteiger partial charge in [-0.2, -0.15) is 0 Å². The number of rotatable bonds is 1. The highest BCUT2D eigenvalue weighted by atomic mass is 79.9. The number of nitrogens with two attached hydrogens (primary N) is 1. The Morgan fingerprint density at radius 1 is 1.32 bits per heavy atom. The lowest BCUT2D eigenvalue weighted by atomic mass is 9.97. The molecule has 0 amide bonds. The maximum atomic E-state index is 6.27. The second kappa shape index (κ2) is 5.20. The van der Waals surface area contributed by atoms with Gasteiger partial charge >= 0.3 is 0 Å². The number of aryl methyl sites for hydroxylation is 1. The monoisotopic (exact) mass is 401 g/mol. The van der Waals surface area contributed by atoms with Crippen LogP contribution in [0.2, 0.25) is 0 Å².